The number of carbonyl (C=O) groups is 2. The van der Waals surface area contributed by atoms with Gasteiger partial charge < -0.3 is 22.8 Å². The Kier molecular flexibility index (Phi) is 11.7. The third kappa shape index (κ3) is 9.61. The molecule has 1 heterocycles. The Morgan fingerprint density at radius 2 is 1.56 bits per heavy atom. The van der Waals surface area contributed by atoms with Crippen LogP contribution in [0, 0.1) is 0 Å². The fraction of sp³-hybridized carbons (Fsp3) is 0.414. The van der Waals surface area contributed by atoms with Crippen LogP contribution in [0.5, 0.6) is 17.2 Å². The molecule has 12 heteroatoms. The topological polar surface area (TPSA) is 156 Å². The molecule has 3 aromatic rings. The number of fused-ring (bicyclic) bond motifs is 1. The Morgan fingerprint density at radius 3 is 2.27 bits per heavy atom. The molecule has 0 radical (unpaired) electrons. The van der Waals surface area contributed by atoms with E-state index in [-0.39, 0.29) is 59.2 Å². The van der Waals surface area contributed by atoms with Crippen LogP contribution in [0.3, 0.4) is 0 Å². The first-order valence-corrected chi connectivity index (χ1v) is 14.9. The summed E-state index contributed by atoms with van der Waals surface area (Å²) >= 11 is 0. The van der Waals surface area contributed by atoms with Crippen LogP contribution in [0.4, 0.5) is 0 Å². The average Bonchev–Trinajstić information content (AvgIpc) is 2.93. The highest BCUT2D eigenvalue weighted by Crippen LogP contribution is 2.37. The Balaban J connectivity index is 1.88. The standard InChI is InChI=1S/C29H34O11S/c1-3-5-17-36-23-16-15-20(19-24(23)40-41(33,34)35)28-29(27(32)21-11-7-8-12-22(21)38-28)39-26(31)14-10-9-13-25(30)37-18-6-4-2/h7-8,11-12,15-16,19H,3-6,9-10,13-14,17-18H2,1-2H3,(H,33,34,35). The smallest absolute Gasteiger partial charge is 0.446 e. The molecule has 0 saturated carbocycles. The number of hydrogen-bond acceptors (Lipinski definition) is 10. The summed E-state index contributed by atoms with van der Waals surface area (Å²) in [5.41, 5.74) is -0.281. The molecule has 0 spiro atoms. The molecule has 0 aliphatic carbocycles. The van der Waals surface area contributed by atoms with E-state index < -0.39 is 27.5 Å². The second-order valence-electron chi connectivity index (χ2n) is 9.22. The highest BCUT2D eigenvalue weighted by atomic mass is 32.3. The first kappa shape index (κ1) is 31.6. The number of benzene rings is 2. The summed E-state index contributed by atoms with van der Waals surface area (Å²) in [5.74, 6) is -1.92. The normalized spacial score (nSPS) is 11.3. The average molecular weight is 591 g/mol. The van der Waals surface area contributed by atoms with Crippen LogP contribution in [0.15, 0.2) is 51.7 Å². The fourth-order valence-corrected chi connectivity index (χ4v) is 4.14. The lowest BCUT2D eigenvalue weighted by Gasteiger charge is -2.14. The van der Waals surface area contributed by atoms with Gasteiger partial charge in [-0.25, -0.2) is 0 Å². The minimum absolute atomic E-state index is 0.0368. The van der Waals surface area contributed by atoms with Gasteiger partial charge in [0.1, 0.15) is 5.58 Å². The monoisotopic (exact) mass is 590 g/mol. The molecule has 0 amide bonds. The van der Waals surface area contributed by atoms with Crippen LogP contribution in [0.1, 0.15) is 65.2 Å². The number of ether oxygens (including phenoxy) is 3. The summed E-state index contributed by atoms with van der Waals surface area (Å²) in [6.07, 6.45) is 4.02. The van der Waals surface area contributed by atoms with Crippen molar-refractivity contribution < 1.29 is 45.4 Å². The summed E-state index contributed by atoms with van der Waals surface area (Å²) in [6.45, 7) is 4.57. The van der Waals surface area contributed by atoms with Crippen molar-refractivity contribution in [2.24, 2.45) is 0 Å². The maximum Gasteiger partial charge on any atom is 0.446 e. The molecule has 11 nitrogen and oxygen atoms in total. The summed E-state index contributed by atoms with van der Waals surface area (Å²) in [7, 11) is -4.92. The zero-order valence-electron chi connectivity index (χ0n) is 23.1. The fourth-order valence-electron chi connectivity index (χ4n) is 3.79. The van der Waals surface area contributed by atoms with Crippen LogP contribution >= 0.6 is 0 Å². The van der Waals surface area contributed by atoms with E-state index in [2.05, 4.69) is 0 Å². The van der Waals surface area contributed by atoms with Gasteiger partial charge in [0.25, 0.3) is 0 Å². The molecule has 222 valence electrons. The van der Waals surface area contributed by atoms with Crippen molar-refractivity contribution in [1.82, 2.24) is 0 Å². The maximum atomic E-state index is 13.4. The highest BCUT2D eigenvalue weighted by molar-refractivity contribution is 7.81. The van der Waals surface area contributed by atoms with Crippen molar-refractivity contribution in [3.63, 3.8) is 0 Å². The van der Waals surface area contributed by atoms with Crippen molar-refractivity contribution in [2.75, 3.05) is 13.2 Å². The van der Waals surface area contributed by atoms with E-state index in [1.165, 1.54) is 24.3 Å². The van der Waals surface area contributed by atoms with E-state index in [1.54, 1.807) is 18.2 Å². The van der Waals surface area contributed by atoms with Gasteiger partial charge >= 0.3 is 22.3 Å². The molecule has 1 aromatic heterocycles. The first-order chi connectivity index (χ1) is 19.6. The molecule has 3 rings (SSSR count). The molecule has 41 heavy (non-hydrogen) atoms. The van der Waals surface area contributed by atoms with Crippen LogP contribution < -0.4 is 19.1 Å². The lowest BCUT2D eigenvalue weighted by atomic mass is 10.1. The van der Waals surface area contributed by atoms with Gasteiger partial charge in [-0.1, -0.05) is 38.8 Å². The van der Waals surface area contributed by atoms with E-state index in [0.29, 0.717) is 25.9 Å². The first-order valence-electron chi connectivity index (χ1n) is 13.5. The van der Waals surface area contributed by atoms with Gasteiger partial charge in [0, 0.05) is 18.4 Å². The lowest BCUT2D eigenvalue weighted by molar-refractivity contribution is -0.144. The van der Waals surface area contributed by atoms with Crippen LogP contribution in [0.25, 0.3) is 22.3 Å². The van der Waals surface area contributed by atoms with Crippen LogP contribution in [-0.4, -0.2) is 38.1 Å². The third-order valence-electron chi connectivity index (χ3n) is 5.90. The van der Waals surface area contributed by atoms with Crippen molar-refractivity contribution >= 4 is 33.3 Å². The molecule has 2 aromatic carbocycles. The van der Waals surface area contributed by atoms with E-state index in [0.717, 1.165) is 19.3 Å². The molecule has 0 unspecified atom stereocenters. The summed E-state index contributed by atoms with van der Waals surface area (Å²) in [5, 5.41) is 0.169. The van der Waals surface area contributed by atoms with Crippen molar-refractivity contribution in [3.8, 4) is 28.6 Å². The maximum absolute atomic E-state index is 13.4. The van der Waals surface area contributed by atoms with Gasteiger partial charge in [-0.15, -0.1) is 0 Å². The largest absolute Gasteiger partial charge is 0.490 e. The van der Waals surface area contributed by atoms with Crippen molar-refractivity contribution in [1.29, 1.82) is 0 Å². The molecular formula is C29H34O11S. The van der Waals surface area contributed by atoms with Gasteiger partial charge in [-0.2, -0.15) is 8.42 Å². The summed E-state index contributed by atoms with van der Waals surface area (Å²) < 4.78 is 59.1. The van der Waals surface area contributed by atoms with Crippen molar-refractivity contribution in [3.05, 3.63) is 52.7 Å². The van der Waals surface area contributed by atoms with Crippen LogP contribution in [0.2, 0.25) is 0 Å². The number of unbranched alkanes of at least 4 members (excludes halogenated alkanes) is 3. The van der Waals surface area contributed by atoms with E-state index in [9.17, 15) is 27.4 Å². The second kappa shape index (κ2) is 15.2. The molecule has 0 aliphatic heterocycles. The quantitative estimate of drug-likeness (QED) is 0.125. The minimum atomic E-state index is -4.92. The molecular weight excluding hydrogens is 556 g/mol. The molecule has 1 N–H and O–H groups in total. The Bertz CT molecular complexity index is 1510. The predicted molar refractivity (Wildman–Crippen MR) is 150 cm³/mol. The number of esters is 2. The number of rotatable bonds is 16. The summed E-state index contributed by atoms with van der Waals surface area (Å²) in [4.78, 5) is 37.9. The van der Waals surface area contributed by atoms with Gasteiger partial charge in [-0.05, 0) is 56.0 Å². The van der Waals surface area contributed by atoms with E-state index in [4.69, 9.17) is 22.8 Å². The van der Waals surface area contributed by atoms with Gasteiger partial charge in [0.05, 0.1) is 18.6 Å². The van der Waals surface area contributed by atoms with E-state index in [1.807, 2.05) is 13.8 Å². The molecule has 0 aliphatic rings. The lowest BCUT2D eigenvalue weighted by Crippen LogP contribution is -2.16. The molecule has 0 fully saturated rings. The Morgan fingerprint density at radius 1 is 0.878 bits per heavy atom. The number of hydrogen-bond donors (Lipinski definition) is 1. The highest BCUT2D eigenvalue weighted by Gasteiger charge is 2.23. The zero-order valence-corrected chi connectivity index (χ0v) is 23.9. The second-order valence-corrected chi connectivity index (χ2v) is 10.2. The zero-order chi connectivity index (χ0) is 29.8. The molecule has 0 bridgehead atoms. The third-order valence-corrected chi connectivity index (χ3v) is 6.29. The number of para-hydroxylation sites is 1. The number of carbonyl (C=O) groups excluding carboxylic acids is 2. The van der Waals surface area contributed by atoms with Gasteiger partial charge in [0.2, 0.25) is 11.2 Å². The SMILES string of the molecule is CCCCOC(=O)CCCCC(=O)Oc1c(-c2ccc(OCCCC)c(OS(=O)(=O)O)c2)oc2ccccc2c1=O. The van der Waals surface area contributed by atoms with Gasteiger partial charge in [0.15, 0.2) is 17.3 Å². The minimum Gasteiger partial charge on any atom is -0.490 e. The predicted octanol–water partition coefficient (Wildman–Crippen LogP) is 5.63. The Labute approximate surface area is 238 Å². The van der Waals surface area contributed by atoms with Gasteiger partial charge in [-0.3, -0.25) is 18.9 Å². The van der Waals surface area contributed by atoms with E-state index >= 15 is 0 Å². The molecule has 0 atom stereocenters. The molecule has 0 saturated heterocycles. The van der Waals surface area contributed by atoms with Crippen LogP contribution in [-0.2, 0) is 24.7 Å². The van der Waals surface area contributed by atoms with Crippen molar-refractivity contribution in [2.45, 2.75) is 65.2 Å². The Hall–Kier alpha value is -3.90. The summed E-state index contributed by atoms with van der Waals surface area (Å²) in [6, 6.07) is 10.4.